The highest BCUT2D eigenvalue weighted by atomic mass is 32.2. The van der Waals surface area contributed by atoms with Crippen LogP contribution in [0, 0.1) is 0 Å². The number of ketones is 1. The van der Waals surface area contributed by atoms with Gasteiger partial charge in [0.05, 0.1) is 23.3 Å². The minimum absolute atomic E-state index is 0.00610. The number of benzene rings is 2. The molecular weight excluding hydrogens is 412 g/mol. The number of para-hydroxylation sites is 1. The Hall–Kier alpha value is -3.13. The molecule has 0 N–H and O–H groups in total. The summed E-state index contributed by atoms with van der Waals surface area (Å²) < 4.78 is 8.99. The van der Waals surface area contributed by atoms with E-state index in [1.807, 2.05) is 35.6 Å². The molecule has 0 saturated heterocycles. The van der Waals surface area contributed by atoms with Gasteiger partial charge < -0.3 is 4.74 Å². The van der Waals surface area contributed by atoms with Crippen LogP contribution in [0.5, 0.6) is 5.75 Å². The molecular formula is C23H24N4O3S. The number of nitrogens with zero attached hydrogens (tertiary/aromatic N) is 4. The van der Waals surface area contributed by atoms with E-state index in [1.54, 1.807) is 28.8 Å². The van der Waals surface area contributed by atoms with Gasteiger partial charge in [-0.3, -0.25) is 18.6 Å². The monoisotopic (exact) mass is 436 g/mol. The molecule has 0 saturated carbocycles. The van der Waals surface area contributed by atoms with Gasteiger partial charge in [0, 0.05) is 12.1 Å². The number of unbranched alkanes of at least 4 members (excludes halogenated alkanes) is 1. The molecule has 0 aliphatic heterocycles. The molecule has 4 aromatic rings. The Bertz CT molecular complexity index is 1280. The van der Waals surface area contributed by atoms with Crippen LogP contribution in [0.2, 0.25) is 0 Å². The van der Waals surface area contributed by atoms with E-state index in [1.165, 1.54) is 11.8 Å². The van der Waals surface area contributed by atoms with Crippen LogP contribution in [0.25, 0.3) is 16.7 Å². The lowest BCUT2D eigenvalue weighted by Gasteiger charge is -2.10. The van der Waals surface area contributed by atoms with E-state index in [0.29, 0.717) is 35.0 Å². The largest absolute Gasteiger partial charge is 0.494 e. The van der Waals surface area contributed by atoms with Crippen molar-refractivity contribution in [2.45, 2.75) is 38.4 Å². The van der Waals surface area contributed by atoms with Gasteiger partial charge in [0.2, 0.25) is 5.78 Å². The fraction of sp³-hybridized carbons (Fsp3) is 0.304. The Balaban J connectivity index is 1.66. The molecule has 4 rings (SSSR count). The van der Waals surface area contributed by atoms with E-state index >= 15 is 0 Å². The predicted molar refractivity (Wildman–Crippen MR) is 122 cm³/mol. The summed E-state index contributed by atoms with van der Waals surface area (Å²) >= 11 is 1.32. The number of hydrogen-bond donors (Lipinski definition) is 0. The molecule has 0 fully saturated rings. The van der Waals surface area contributed by atoms with Crippen molar-refractivity contribution < 1.29 is 9.53 Å². The van der Waals surface area contributed by atoms with Crippen LogP contribution in [-0.2, 0) is 6.54 Å². The number of fused-ring (bicyclic) bond motifs is 3. The van der Waals surface area contributed by atoms with Crippen LogP contribution in [0.1, 0.15) is 37.0 Å². The lowest BCUT2D eigenvalue weighted by Crippen LogP contribution is -2.23. The first-order chi connectivity index (χ1) is 15.1. The van der Waals surface area contributed by atoms with Gasteiger partial charge in [0.1, 0.15) is 5.75 Å². The molecule has 0 amide bonds. The Morgan fingerprint density at radius 1 is 1.06 bits per heavy atom. The second kappa shape index (κ2) is 9.34. The summed E-state index contributed by atoms with van der Waals surface area (Å²) in [5, 5.41) is 9.81. The minimum Gasteiger partial charge on any atom is -0.494 e. The summed E-state index contributed by atoms with van der Waals surface area (Å²) in [6.45, 7) is 5.17. The molecule has 2 aromatic carbocycles. The maximum absolute atomic E-state index is 13.0. The predicted octanol–water partition coefficient (Wildman–Crippen LogP) is 4.22. The quantitative estimate of drug-likeness (QED) is 0.289. The molecule has 2 aromatic heterocycles. The van der Waals surface area contributed by atoms with Crippen molar-refractivity contribution >= 4 is 34.2 Å². The molecule has 160 valence electrons. The van der Waals surface area contributed by atoms with Gasteiger partial charge in [-0.15, -0.1) is 10.2 Å². The van der Waals surface area contributed by atoms with Crippen molar-refractivity contribution in [3.63, 3.8) is 0 Å². The van der Waals surface area contributed by atoms with Crippen LogP contribution < -0.4 is 10.3 Å². The first kappa shape index (κ1) is 21.1. The van der Waals surface area contributed by atoms with Crippen LogP contribution in [0.4, 0.5) is 0 Å². The van der Waals surface area contributed by atoms with Crippen LogP contribution in [-0.4, -0.2) is 37.3 Å². The second-order valence-corrected chi connectivity index (χ2v) is 8.06. The number of rotatable bonds is 9. The zero-order valence-electron chi connectivity index (χ0n) is 17.6. The van der Waals surface area contributed by atoms with E-state index in [9.17, 15) is 9.59 Å². The van der Waals surface area contributed by atoms with Gasteiger partial charge in [-0.2, -0.15) is 0 Å². The number of ether oxygens (including phenoxy) is 1. The smallest absolute Gasteiger partial charge is 0.262 e. The summed E-state index contributed by atoms with van der Waals surface area (Å²) in [7, 11) is 0. The number of hydrogen-bond acceptors (Lipinski definition) is 6. The summed E-state index contributed by atoms with van der Waals surface area (Å²) in [6.07, 6.45) is 1.84. The molecule has 8 heteroatoms. The van der Waals surface area contributed by atoms with E-state index in [0.717, 1.165) is 24.1 Å². The van der Waals surface area contributed by atoms with Gasteiger partial charge in [-0.1, -0.05) is 37.2 Å². The molecule has 7 nitrogen and oxygen atoms in total. The highest BCUT2D eigenvalue weighted by Gasteiger charge is 2.17. The van der Waals surface area contributed by atoms with Gasteiger partial charge in [-0.05, 0) is 49.7 Å². The Morgan fingerprint density at radius 2 is 1.84 bits per heavy atom. The minimum atomic E-state index is -0.0639. The van der Waals surface area contributed by atoms with Crippen LogP contribution in [0.15, 0.2) is 58.5 Å². The summed E-state index contributed by atoms with van der Waals surface area (Å²) in [6, 6.07) is 14.6. The number of Topliss-reactive ketones (excluding diaryl/α,β-unsaturated/α-hetero) is 1. The first-order valence-corrected chi connectivity index (χ1v) is 11.4. The topological polar surface area (TPSA) is 78.5 Å². The fourth-order valence-corrected chi connectivity index (χ4v) is 4.30. The normalized spacial score (nSPS) is 11.3. The van der Waals surface area contributed by atoms with Crippen molar-refractivity contribution in [3.05, 3.63) is 64.4 Å². The summed E-state index contributed by atoms with van der Waals surface area (Å²) in [5.41, 5.74) is 1.30. The standard InChI is InChI=1S/C23H24N4O3S/c1-3-5-14-26-21(29)18-8-6-7-9-19(18)27-22(26)24-25-23(27)31-15-20(28)16-10-12-17(13-11-16)30-4-2/h6-13H,3-5,14-15H2,1-2H3. The Labute approximate surface area is 184 Å². The van der Waals surface area contributed by atoms with Gasteiger partial charge in [0.25, 0.3) is 5.56 Å². The van der Waals surface area contributed by atoms with Crippen LogP contribution in [0.3, 0.4) is 0 Å². The maximum atomic E-state index is 13.0. The maximum Gasteiger partial charge on any atom is 0.262 e. The lowest BCUT2D eigenvalue weighted by atomic mass is 10.1. The number of carbonyl (C=O) groups excluding carboxylic acids is 1. The molecule has 0 unspecified atom stereocenters. The molecule has 31 heavy (non-hydrogen) atoms. The van der Waals surface area contributed by atoms with E-state index in [2.05, 4.69) is 17.1 Å². The van der Waals surface area contributed by atoms with Gasteiger partial charge >= 0.3 is 0 Å². The zero-order valence-corrected chi connectivity index (χ0v) is 18.4. The van der Waals surface area contributed by atoms with Crippen molar-refractivity contribution in [1.29, 1.82) is 0 Å². The molecule has 0 atom stereocenters. The molecule has 0 aliphatic carbocycles. The van der Waals surface area contributed by atoms with E-state index in [4.69, 9.17) is 4.74 Å². The van der Waals surface area contributed by atoms with Gasteiger partial charge in [0.15, 0.2) is 10.9 Å². The molecule has 0 bridgehead atoms. The van der Waals surface area contributed by atoms with Crippen LogP contribution >= 0.6 is 11.8 Å². The molecule has 2 heterocycles. The fourth-order valence-electron chi connectivity index (χ4n) is 3.46. The SMILES string of the molecule is CCCCn1c(=O)c2ccccc2n2c(SCC(=O)c3ccc(OCC)cc3)nnc12. The highest BCUT2D eigenvalue weighted by molar-refractivity contribution is 7.99. The molecule has 0 aliphatic rings. The number of carbonyl (C=O) groups is 1. The summed E-state index contributed by atoms with van der Waals surface area (Å²) in [5.74, 6) is 1.46. The van der Waals surface area contributed by atoms with Crippen molar-refractivity contribution in [2.24, 2.45) is 0 Å². The second-order valence-electron chi connectivity index (χ2n) is 7.11. The third-order valence-electron chi connectivity index (χ3n) is 5.03. The third-order valence-corrected chi connectivity index (χ3v) is 5.96. The van der Waals surface area contributed by atoms with E-state index < -0.39 is 0 Å². The Kier molecular flexibility index (Phi) is 6.36. The Morgan fingerprint density at radius 3 is 2.58 bits per heavy atom. The van der Waals surface area contributed by atoms with E-state index in [-0.39, 0.29) is 17.1 Å². The average molecular weight is 437 g/mol. The zero-order chi connectivity index (χ0) is 21.8. The number of aryl methyl sites for hydroxylation is 1. The van der Waals surface area contributed by atoms with Crippen molar-refractivity contribution in [1.82, 2.24) is 19.2 Å². The highest BCUT2D eigenvalue weighted by Crippen LogP contribution is 2.23. The third kappa shape index (κ3) is 4.20. The summed E-state index contributed by atoms with van der Waals surface area (Å²) in [4.78, 5) is 25.7. The van der Waals surface area contributed by atoms with Crippen molar-refractivity contribution in [3.8, 4) is 5.75 Å². The average Bonchev–Trinajstić information content (AvgIpc) is 3.22. The van der Waals surface area contributed by atoms with Gasteiger partial charge in [-0.25, -0.2) is 0 Å². The molecule has 0 spiro atoms. The van der Waals surface area contributed by atoms with Crippen molar-refractivity contribution in [2.75, 3.05) is 12.4 Å². The number of aromatic nitrogens is 4. The first-order valence-electron chi connectivity index (χ1n) is 10.4. The number of thioether (sulfide) groups is 1. The lowest BCUT2D eigenvalue weighted by molar-refractivity contribution is 0.102. The molecule has 0 radical (unpaired) electrons.